The number of aromatic nitrogens is 2. The van der Waals surface area contributed by atoms with Gasteiger partial charge in [0.2, 0.25) is 5.91 Å². The van der Waals surface area contributed by atoms with E-state index in [0.29, 0.717) is 23.1 Å². The lowest BCUT2D eigenvalue weighted by atomic mass is 10.0. The van der Waals surface area contributed by atoms with Crippen LogP contribution in [0.25, 0.3) is 5.69 Å². The molecule has 30 heavy (non-hydrogen) atoms. The van der Waals surface area contributed by atoms with Crippen molar-refractivity contribution < 1.29 is 14.1 Å². The Labute approximate surface area is 176 Å². The van der Waals surface area contributed by atoms with Crippen LogP contribution in [0.1, 0.15) is 52.8 Å². The van der Waals surface area contributed by atoms with Crippen molar-refractivity contribution in [2.75, 3.05) is 18.9 Å². The van der Waals surface area contributed by atoms with Gasteiger partial charge >= 0.3 is 0 Å². The van der Waals surface area contributed by atoms with Crippen LogP contribution in [0.3, 0.4) is 0 Å². The van der Waals surface area contributed by atoms with E-state index in [1.807, 2.05) is 19.9 Å². The Morgan fingerprint density at radius 3 is 2.37 bits per heavy atom. The third-order valence-electron chi connectivity index (χ3n) is 5.10. The van der Waals surface area contributed by atoms with Gasteiger partial charge in [-0.1, -0.05) is 31.1 Å². The largest absolute Gasteiger partial charge is 0.360 e. The zero-order chi connectivity index (χ0) is 22.0. The molecule has 7 nitrogen and oxygen atoms in total. The van der Waals surface area contributed by atoms with E-state index in [0.717, 1.165) is 17.1 Å². The van der Waals surface area contributed by atoms with Crippen LogP contribution in [0.15, 0.2) is 40.9 Å². The number of rotatable bonds is 6. The maximum Gasteiger partial charge on any atom is 0.255 e. The summed E-state index contributed by atoms with van der Waals surface area (Å²) in [4.78, 5) is 26.6. The van der Waals surface area contributed by atoms with Crippen molar-refractivity contribution in [2.24, 2.45) is 0 Å². The fraction of sp³-hybridized carbons (Fsp3) is 0.348. The summed E-state index contributed by atoms with van der Waals surface area (Å²) in [5.41, 5.74) is 4.66. The van der Waals surface area contributed by atoms with E-state index in [4.69, 9.17) is 4.52 Å². The highest BCUT2D eigenvalue weighted by Gasteiger charge is 2.21. The summed E-state index contributed by atoms with van der Waals surface area (Å²) in [6.07, 6.45) is 0. The SMILES string of the molecule is Cc1cc(NC(=O)CN(C)C(=O)c2cc(C)n(-c3ccc(C(C)C)cc3)c2C)no1. The number of benzene rings is 1. The van der Waals surface area contributed by atoms with Crippen LogP contribution in [0, 0.1) is 20.8 Å². The number of amides is 2. The number of hydrogen-bond donors (Lipinski definition) is 1. The predicted molar refractivity (Wildman–Crippen MR) is 116 cm³/mol. The molecule has 0 atom stereocenters. The van der Waals surface area contributed by atoms with Gasteiger partial charge in [-0.15, -0.1) is 0 Å². The van der Waals surface area contributed by atoms with Crippen LogP contribution in [-0.4, -0.2) is 40.0 Å². The normalized spacial score (nSPS) is 11.0. The van der Waals surface area contributed by atoms with E-state index >= 15 is 0 Å². The summed E-state index contributed by atoms with van der Waals surface area (Å²) in [6.45, 7) is 9.87. The fourth-order valence-corrected chi connectivity index (χ4v) is 3.49. The van der Waals surface area contributed by atoms with Crippen LogP contribution in [0.5, 0.6) is 0 Å². The molecule has 0 saturated heterocycles. The summed E-state index contributed by atoms with van der Waals surface area (Å²) in [5.74, 6) is 0.853. The molecule has 0 aliphatic rings. The second-order valence-electron chi connectivity index (χ2n) is 7.90. The first-order valence-corrected chi connectivity index (χ1v) is 9.95. The van der Waals surface area contributed by atoms with Gasteiger partial charge in [0.15, 0.2) is 5.82 Å². The molecule has 0 bridgehead atoms. The molecule has 7 heteroatoms. The second kappa shape index (κ2) is 8.57. The summed E-state index contributed by atoms with van der Waals surface area (Å²) in [7, 11) is 1.61. The van der Waals surface area contributed by atoms with Crippen LogP contribution in [-0.2, 0) is 4.79 Å². The topological polar surface area (TPSA) is 80.4 Å². The summed E-state index contributed by atoms with van der Waals surface area (Å²) < 4.78 is 6.99. The van der Waals surface area contributed by atoms with Crippen molar-refractivity contribution in [3.8, 4) is 5.69 Å². The molecule has 0 spiro atoms. The Kier molecular flexibility index (Phi) is 6.10. The first-order chi connectivity index (χ1) is 14.2. The van der Waals surface area contributed by atoms with Crippen LogP contribution in [0.4, 0.5) is 5.82 Å². The Balaban J connectivity index is 1.76. The number of carbonyl (C=O) groups is 2. The lowest BCUT2D eigenvalue weighted by Gasteiger charge is -2.17. The number of anilines is 1. The molecule has 2 aromatic heterocycles. The maximum absolute atomic E-state index is 13.0. The van der Waals surface area contributed by atoms with E-state index in [1.54, 1.807) is 20.0 Å². The highest BCUT2D eigenvalue weighted by atomic mass is 16.5. The Morgan fingerprint density at radius 2 is 1.80 bits per heavy atom. The Bertz CT molecular complexity index is 1060. The molecule has 0 saturated carbocycles. The number of nitrogens with one attached hydrogen (secondary N) is 1. The van der Waals surface area contributed by atoms with Gasteiger partial charge < -0.3 is 19.3 Å². The van der Waals surface area contributed by atoms with E-state index in [1.165, 1.54) is 10.5 Å². The van der Waals surface area contributed by atoms with Gasteiger partial charge in [-0.2, -0.15) is 0 Å². The first-order valence-electron chi connectivity index (χ1n) is 9.95. The second-order valence-corrected chi connectivity index (χ2v) is 7.90. The number of carbonyl (C=O) groups excluding carboxylic acids is 2. The van der Waals surface area contributed by atoms with Gasteiger partial charge in [0.05, 0.1) is 12.1 Å². The Morgan fingerprint density at radius 1 is 1.13 bits per heavy atom. The van der Waals surface area contributed by atoms with Crippen molar-refractivity contribution in [3.05, 3.63) is 64.7 Å². The highest BCUT2D eigenvalue weighted by molar-refractivity contribution is 5.99. The van der Waals surface area contributed by atoms with Crippen LogP contribution >= 0.6 is 0 Å². The number of nitrogens with zero attached hydrogens (tertiary/aromatic N) is 3. The molecule has 0 aliphatic carbocycles. The van der Waals surface area contributed by atoms with Crippen molar-refractivity contribution in [1.29, 1.82) is 0 Å². The molecular weight excluding hydrogens is 380 g/mol. The molecule has 158 valence electrons. The fourth-order valence-electron chi connectivity index (χ4n) is 3.49. The number of aryl methyl sites for hydroxylation is 2. The van der Waals surface area contributed by atoms with E-state index in [9.17, 15) is 9.59 Å². The Hall–Kier alpha value is -3.35. The molecule has 2 heterocycles. The van der Waals surface area contributed by atoms with Crippen molar-refractivity contribution in [2.45, 2.75) is 40.5 Å². The number of hydrogen-bond acceptors (Lipinski definition) is 4. The molecule has 0 unspecified atom stereocenters. The monoisotopic (exact) mass is 408 g/mol. The first kappa shape index (κ1) is 21.4. The van der Waals surface area contributed by atoms with Crippen LogP contribution in [0.2, 0.25) is 0 Å². The third-order valence-corrected chi connectivity index (χ3v) is 5.10. The molecule has 2 amide bonds. The summed E-state index contributed by atoms with van der Waals surface area (Å²) in [6, 6.07) is 11.9. The smallest absolute Gasteiger partial charge is 0.255 e. The van der Waals surface area contributed by atoms with Gasteiger partial charge in [-0.05, 0) is 50.5 Å². The average molecular weight is 409 g/mol. The minimum atomic E-state index is -0.336. The average Bonchev–Trinajstić information content (AvgIpc) is 3.23. The van der Waals surface area contributed by atoms with Crippen molar-refractivity contribution >= 4 is 17.6 Å². The van der Waals surface area contributed by atoms with E-state index < -0.39 is 0 Å². The van der Waals surface area contributed by atoms with Crippen LogP contribution < -0.4 is 5.32 Å². The molecule has 3 aromatic rings. The van der Waals surface area contributed by atoms with Gasteiger partial charge in [-0.25, -0.2) is 0 Å². The molecule has 1 aromatic carbocycles. The van der Waals surface area contributed by atoms with E-state index in [2.05, 4.69) is 53.2 Å². The number of likely N-dealkylation sites (N-methyl/N-ethyl adjacent to an activating group) is 1. The van der Waals surface area contributed by atoms with Gasteiger partial charge in [0.1, 0.15) is 5.76 Å². The summed E-state index contributed by atoms with van der Waals surface area (Å²) >= 11 is 0. The maximum atomic E-state index is 13.0. The van der Waals surface area contributed by atoms with Gasteiger partial charge in [0, 0.05) is 30.2 Å². The van der Waals surface area contributed by atoms with Gasteiger partial charge in [0.25, 0.3) is 5.91 Å². The minimum Gasteiger partial charge on any atom is -0.360 e. The molecule has 0 radical (unpaired) electrons. The lowest BCUT2D eigenvalue weighted by Crippen LogP contribution is -2.35. The zero-order valence-corrected chi connectivity index (χ0v) is 18.3. The lowest BCUT2D eigenvalue weighted by molar-refractivity contribution is -0.116. The predicted octanol–water partition coefficient (Wildman–Crippen LogP) is 4.22. The molecule has 3 rings (SSSR count). The van der Waals surface area contributed by atoms with Gasteiger partial charge in [-0.3, -0.25) is 9.59 Å². The molecule has 0 fully saturated rings. The minimum absolute atomic E-state index is 0.0858. The molecular formula is C23H28N4O3. The summed E-state index contributed by atoms with van der Waals surface area (Å²) in [5, 5.41) is 6.36. The molecule has 1 N–H and O–H groups in total. The quantitative estimate of drug-likeness (QED) is 0.662. The molecule has 0 aliphatic heterocycles. The standard InChI is InChI=1S/C23H28N4O3/c1-14(2)18-7-9-19(10-8-18)27-15(3)11-20(17(27)5)23(29)26(6)13-22(28)24-21-12-16(4)30-25-21/h7-12,14H,13H2,1-6H3,(H,24,25,28). The highest BCUT2D eigenvalue weighted by Crippen LogP contribution is 2.24. The third kappa shape index (κ3) is 4.45. The van der Waals surface area contributed by atoms with E-state index in [-0.39, 0.29) is 18.4 Å². The van der Waals surface area contributed by atoms with Crippen molar-refractivity contribution in [3.63, 3.8) is 0 Å². The zero-order valence-electron chi connectivity index (χ0n) is 18.3. The van der Waals surface area contributed by atoms with Crippen molar-refractivity contribution in [1.82, 2.24) is 14.6 Å².